The zero-order valence-corrected chi connectivity index (χ0v) is 15.1. The van der Waals surface area contributed by atoms with E-state index in [4.69, 9.17) is 32.7 Å². The van der Waals surface area contributed by atoms with Crippen LogP contribution in [-0.2, 0) is 0 Å². The van der Waals surface area contributed by atoms with Crippen LogP contribution in [0.3, 0.4) is 0 Å². The van der Waals surface area contributed by atoms with Crippen molar-refractivity contribution in [3.8, 4) is 11.5 Å². The van der Waals surface area contributed by atoms with Crippen molar-refractivity contribution < 1.29 is 14.3 Å². The van der Waals surface area contributed by atoms with Crippen molar-refractivity contribution in [2.75, 3.05) is 6.79 Å². The maximum atomic E-state index is 12.1. The monoisotopic (exact) mass is 462 g/mol. The van der Waals surface area contributed by atoms with Crippen LogP contribution in [0.5, 0.6) is 11.5 Å². The standard InChI is InChI=1S/C15H9Cl2IN2O3/c16-11-2-1-9(18)4-10(11)15(21)20-19-6-8-3-13-14(5-12(8)17)23-7-22-13/h1-6H,7H2,(H,20,21)/b19-6-. The van der Waals surface area contributed by atoms with Gasteiger partial charge in [-0.1, -0.05) is 23.2 Å². The van der Waals surface area contributed by atoms with Crippen molar-refractivity contribution in [1.82, 2.24) is 5.43 Å². The lowest BCUT2D eigenvalue weighted by molar-refractivity contribution is 0.0955. The molecule has 0 radical (unpaired) electrons. The molecule has 8 heteroatoms. The van der Waals surface area contributed by atoms with Crippen molar-refractivity contribution in [2.24, 2.45) is 5.10 Å². The maximum absolute atomic E-state index is 12.1. The number of carbonyl (C=O) groups is 1. The molecular formula is C15H9Cl2IN2O3. The van der Waals surface area contributed by atoms with Crippen molar-refractivity contribution in [1.29, 1.82) is 0 Å². The predicted molar refractivity (Wildman–Crippen MR) is 96.8 cm³/mol. The summed E-state index contributed by atoms with van der Waals surface area (Å²) in [7, 11) is 0. The summed E-state index contributed by atoms with van der Waals surface area (Å²) < 4.78 is 11.4. The smallest absolute Gasteiger partial charge is 0.272 e. The summed E-state index contributed by atoms with van der Waals surface area (Å²) in [5.74, 6) is 0.770. The van der Waals surface area contributed by atoms with Gasteiger partial charge in [-0.15, -0.1) is 0 Å². The SMILES string of the molecule is O=C(N/N=C\c1cc2c(cc1Cl)OCO2)c1cc(I)ccc1Cl. The molecule has 0 fully saturated rings. The van der Waals surface area contributed by atoms with Crippen LogP contribution in [0.15, 0.2) is 35.4 Å². The van der Waals surface area contributed by atoms with E-state index in [1.54, 1.807) is 24.3 Å². The molecule has 0 bridgehead atoms. The number of hydrogen-bond donors (Lipinski definition) is 1. The van der Waals surface area contributed by atoms with Crippen LogP contribution in [0.1, 0.15) is 15.9 Å². The molecular weight excluding hydrogens is 454 g/mol. The molecule has 3 rings (SSSR count). The van der Waals surface area contributed by atoms with E-state index >= 15 is 0 Å². The molecule has 0 atom stereocenters. The van der Waals surface area contributed by atoms with E-state index in [1.807, 2.05) is 6.07 Å². The minimum Gasteiger partial charge on any atom is -0.454 e. The van der Waals surface area contributed by atoms with Gasteiger partial charge in [-0.2, -0.15) is 5.10 Å². The first-order valence-electron chi connectivity index (χ1n) is 6.42. The fourth-order valence-corrected chi connectivity index (χ4v) is 2.82. The molecule has 0 aromatic heterocycles. The Morgan fingerprint density at radius 2 is 1.91 bits per heavy atom. The zero-order valence-electron chi connectivity index (χ0n) is 11.5. The summed E-state index contributed by atoms with van der Waals surface area (Å²) in [6.45, 7) is 0.161. The highest BCUT2D eigenvalue weighted by atomic mass is 127. The van der Waals surface area contributed by atoms with E-state index in [0.29, 0.717) is 32.7 Å². The third-order valence-corrected chi connectivity index (χ3v) is 4.36. The number of benzene rings is 2. The second kappa shape index (κ2) is 6.94. The van der Waals surface area contributed by atoms with E-state index in [9.17, 15) is 4.79 Å². The van der Waals surface area contributed by atoms with Crippen molar-refractivity contribution in [2.45, 2.75) is 0 Å². The molecule has 1 heterocycles. The van der Waals surface area contributed by atoms with Gasteiger partial charge in [0.05, 0.1) is 21.8 Å². The highest BCUT2D eigenvalue weighted by Crippen LogP contribution is 2.36. The van der Waals surface area contributed by atoms with Gasteiger partial charge in [0.25, 0.3) is 5.91 Å². The number of fused-ring (bicyclic) bond motifs is 1. The molecule has 0 aliphatic carbocycles. The molecule has 0 saturated carbocycles. The number of nitrogens with one attached hydrogen (secondary N) is 1. The summed E-state index contributed by atoms with van der Waals surface area (Å²) in [5, 5.41) is 4.71. The Bertz CT molecular complexity index is 812. The average Bonchev–Trinajstić information content (AvgIpc) is 2.96. The summed E-state index contributed by atoms with van der Waals surface area (Å²) in [6.07, 6.45) is 1.43. The van der Waals surface area contributed by atoms with Crippen LogP contribution in [0.25, 0.3) is 0 Å². The largest absolute Gasteiger partial charge is 0.454 e. The minimum absolute atomic E-state index is 0.161. The Balaban J connectivity index is 1.74. The quantitative estimate of drug-likeness (QED) is 0.424. The second-order valence-corrected chi connectivity index (χ2v) is 6.61. The van der Waals surface area contributed by atoms with Crippen molar-refractivity contribution in [3.63, 3.8) is 0 Å². The van der Waals surface area contributed by atoms with Gasteiger partial charge in [-0.25, -0.2) is 5.43 Å². The van der Waals surface area contributed by atoms with Gasteiger partial charge < -0.3 is 9.47 Å². The van der Waals surface area contributed by atoms with Gasteiger partial charge in [0, 0.05) is 15.2 Å². The average molecular weight is 463 g/mol. The lowest BCUT2D eigenvalue weighted by Crippen LogP contribution is -2.18. The fourth-order valence-electron chi connectivity index (χ4n) is 1.92. The molecule has 2 aromatic rings. The molecule has 1 aliphatic heterocycles. The summed E-state index contributed by atoms with van der Waals surface area (Å²) in [4.78, 5) is 12.1. The Kier molecular flexibility index (Phi) is 4.93. The number of ether oxygens (including phenoxy) is 2. The molecule has 1 N–H and O–H groups in total. The Morgan fingerprint density at radius 3 is 2.70 bits per heavy atom. The van der Waals surface area contributed by atoms with Gasteiger partial charge in [0.1, 0.15) is 0 Å². The lowest BCUT2D eigenvalue weighted by atomic mass is 10.2. The van der Waals surface area contributed by atoms with E-state index < -0.39 is 5.91 Å². The van der Waals surface area contributed by atoms with Gasteiger partial charge >= 0.3 is 0 Å². The summed E-state index contributed by atoms with van der Waals surface area (Å²) in [5.41, 5.74) is 3.38. The Labute approximate surface area is 155 Å². The third kappa shape index (κ3) is 3.70. The van der Waals surface area contributed by atoms with Crippen LogP contribution < -0.4 is 14.9 Å². The normalized spacial score (nSPS) is 12.7. The topological polar surface area (TPSA) is 59.9 Å². The number of amides is 1. The van der Waals surface area contributed by atoms with Gasteiger partial charge in [-0.05, 0) is 46.9 Å². The molecule has 0 unspecified atom stereocenters. The molecule has 1 amide bonds. The van der Waals surface area contributed by atoms with Crippen LogP contribution in [0, 0.1) is 3.57 Å². The molecule has 1 aliphatic rings. The highest BCUT2D eigenvalue weighted by molar-refractivity contribution is 14.1. The second-order valence-electron chi connectivity index (χ2n) is 4.55. The number of hydrogen-bond acceptors (Lipinski definition) is 4. The van der Waals surface area contributed by atoms with Crippen LogP contribution in [-0.4, -0.2) is 18.9 Å². The van der Waals surface area contributed by atoms with Gasteiger partial charge in [-0.3, -0.25) is 4.79 Å². The number of hydrazone groups is 1. The van der Waals surface area contributed by atoms with E-state index in [2.05, 4.69) is 33.1 Å². The van der Waals surface area contributed by atoms with Crippen LogP contribution >= 0.6 is 45.8 Å². The van der Waals surface area contributed by atoms with Gasteiger partial charge in [0.15, 0.2) is 11.5 Å². The number of nitrogens with zero attached hydrogens (tertiary/aromatic N) is 1. The van der Waals surface area contributed by atoms with E-state index in [-0.39, 0.29) is 6.79 Å². The minimum atomic E-state index is -0.401. The first kappa shape index (κ1) is 16.4. The fraction of sp³-hybridized carbons (Fsp3) is 0.0667. The number of rotatable bonds is 3. The van der Waals surface area contributed by atoms with Crippen LogP contribution in [0.2, 0.25) is 10.0 Å². The molecule has 0 saturated heterocycles. The Morgan fingerprint density at radius 1 is 1.17 bits per heavy atom. The number of carbonyl (C=O) groups excluding carboxylic acids is 1. The maximum Gasteiger partial charge on any atom is 0.272 e. The van der Waals surface area contributed by atoms with Crippen molar-refractivity contribution in [3.05, 3.63) is 55.1 Å². The van der Waals surface area contributed by atoms with E-state index in [0.717, 1.165) is 3.57 Å². The molecule has 2 aromatic carbocycles. The molecule has 5 nitrogen and oxygen atoms in total. The predicted octanol–water partition coefficient (Wildman–Crippen LogP) is 4.09. The summed E-state index contributed by atoms with van der Waals surface area (Å²) >= 11 is 14.2. The zero-order chi connectivity index (χ0) is 16.4. The summed E-state index contributed by atoms with van der Waals surface area (Å²) in [6, 6.07) is 8.50. The lowest BCUT2D eigenvalue weighted by Gasteiger charge is -2.04. The van der Waals surface area contributed by atoms with Crippen molar-refractivity contribution >= 4 is 57.9 Å². The number of halogens is 3. The first-order chi connectivity index (χ1) is 11.0. The third-order valence-electron chi connectivity index (χ3n) is 3.03. The first-order valence-corrected chi connectivity index (χ1v) is 8.25. The van der Waals surface area contributed by atoms with Gasteiger partial charge in [0.2, 0.25) is 6.79 Å². The van der Waals surface area contributed by atoms with Crippen LogP contribution in [0.4, 0.5) is 0 Å². The van der Waals surface area contributed by atoms with E-state index in [1.165, 1.54) is 6.21 Å². The molecule has 118 valence electrons. The molecule has 0 spiro atoms. The highest BCUT2D eigenvalue weighted by Gasteiger charge is 2.16. The Hall–Kier alpha value is -1.51. The molecule has 23 heavy (non-hydrogen) atoms.